The number of methoxy groups -OCH3 is 1. The van der Waals surface area contributed by atoms with E-state index in [-0.39, 0.29) is 12.1 Å². The van der Waals surface area contributed by atoms with Crippen LogP contribution in [0.15, 0.2) is 18.2 Å². The summed E-state index contributed by atoms with van der Waals surface area (Å²) in [6, 6.07) is 6.73. The van der Waals surface area contributed by atoms with Crippen LogP contribution in [0.5, 0.6) is 0 Å². The molecule has 0 unspecified atom stereocenters. The van der Waals surface area contributed by atoms with Gasteiger partial charge in [-0.1, -0.05) is 37.6 Å². The molecule has 3 rings (SSSR count). The lowest BCUT2D eigenvalue weighted by atomic mass is 9.97. The number of ether oxygens (including phenoxy) is 1. The molecule has 0 spiro atoms. The number of urea groups is 1. The number of rotatable bonds is 8. The normalized spacial score (nSPS) is 14.3. The predicted octanol–water partition coefficient (Wildman–Crippen LogP) is 4.27. The first-order valence-corrected chi connectivity index (χ1v) is 12.4. The zero-order valence-electron chi connectivity index (χ0n) is 21.9. The van der Waals surface area contributed by atoms with Crippen molar-refractivity contribution in [2.75, 3.05) is 38.2 Å². The zero-order valence-corrected chi connectivity index (χ0v) is 21.9. The molecule has 1 aliphatic rings. The minimum absolute atomic E-state index is 0.00788. The highest BCUT2D eigenvalue weighted by molar-refractivity contribution is 5.74. The van der Waals surface area contributed by atoms with Gasteiger partial charge in [0.1, 0.15) is 11.6 Å². The van der Waals surface area contributed by atoms with Crippen molar-refractivity contribution in [3.05, 3.63) is 52.0 Å². The third-order valence-electron chi connectivity index (χ3n) is 6.14. The van der Waals surface area contributed by atoms with Crippen molar-refractivity contribution in [2.24, 2.45) is 5.92 Å². The topological polar surface area (TPSA) is 70.6 Å². The lowest BCUT2D eigenvalue weighted by Gasteiger charge is -2.37. The lowest BCUT2D eigenvalue weighted by molar-refractivity contribution is 0.180. The van der Waals surface area contributed by atoms with Gasteiger partial charge in [-0.15, -0.1) is 0 Å². The van der Waals surface area contributed by atoms with Crippen LogP contribution in [0.2, 0.25) is 0 Å². The van der Waals surface area contributed by atoms with Crippen LogP contribution in [0.25, 0.3) is 0 Å². The van der Waals surface area contributed by atoms with Gasteiger partial charge >= 0.3 is 6.03 Å². The molecule has 186 valence electrons. The Kier molecular flexibility index (Phi) is 8.89. The minimum Gasteiger partial charge on any atom is -0.378 e. The summed E-state index contributed by atoms with van der Waals surface area (Å²) < 4.78 is 5.58. The number of nitrogens with zero attached hydrogens (tertiary/aromatic N) is 4. The van der Waals surface area contributed by atoms with Gasteiger partial charge in [0, 0.05) is 57.7 Å². The van der Waals surface area contributed by atoms with Crippen LogP contribution in [0.4, 0.5) is 10.6 Å². The fraction of sp³-hybridized carbons (Fsp3) is 0.593. The Labute approximate surface area is 204 Å². The Balaban J connectivity index is 1.97. The molecule has 34 heavy (non-hydrogen) atoms. The number of hydrogen-bond donors (Lipinski definition) is 1. The van der Waals surface area contributed by atoms with E-state index in [1.807, 2.05) is 18.7 Å². The summed E-state index contributed by atoms with van der Waals surface area (Å²) in [4.78, 5) is 26.7. The fourth-order valence-corrected chi connectivity index (χ4v) is 4.36. The van der Waals surface area contributed by atoms with Gasteiger partial charge in [-0.05, 0) is 44.7 Å². The standard InChI is InChI=1S/C27H41N5O2/c1-18(2)14-25-29-24(17-34-7)23(16-22-15-20(5)8-9-21(22)6)26(30-25)31-10-12-32(13-11-31)27(33)28-19(3)4/h8-9,15,18-19H,10-14,16-17H2,1-7H3,(H,28,33). The molecule has 0 bridgehead atoms. The Bertz CT molecular complexity index is 981. The highest BCUT2D eigenvalue weighted by Gasteiger charge is 2.26. The smallest absolute Gasteiger partial charge is 0.317 e. The number of hydrogen-bond acceptors (Lipinski definition) is 5. The first-order chi connectivity index (χ1) is 16.2. The molecule has 2 aromatic rings. The number of benzene rings is 1. The van der Waals surface area contributed by atoms with Gasteiger partial charge in [0.2, 0.25) is 0 Å². The summed E-state index contributed by atoms with van der Waals surface area (Å²) in [5.74, 6) is 2.31. The summed E-state index contributed by atoms with van der Waals surface area (Å²) in [5, 5.41) is 3.01. The van der Waals surface area contributed by atoms with Gasteiger partial charge in [0.05, 0.1) is 12.3 Å². The van der Waals surface area contributed by atoms with Gasteiger partial charge < -0.3 is 19.9 Å². The second-order valence-electron chi connectivity index (χ2n) is 10.1. The van der Waals surface area contributed by atoms with Crippen LogP contribution in [0.3, 0.4) is 0 Å². The average Bonchev–Trinajstić information content (AvgIpc) is 2.77. The number of anilines is 1. The average molecular weight is 468 g/mol. The SMILES string of the molecule is COCc1nc(CC(C)C)nc(N2CCN(C(=O)NC(C)C)CC2)c1Cc1cc(C)ccc1C. The van der Waals surface area contributed by atoms with E-state index < -0.39 is 0 Å². The largest absolute Gasteiger partial charge is 0.378 e. The second kappa shape index (κ2) is 11.6. The van der Waals surface area contributed by atoms with Gasteiger partial charge in [-0.2, -0.15) is 0 Å². The molecule has 0 atom stereocenters. The molecule has 1 saturated heterocycles. The van der Waals surface area contributed by atoms with E-state index in [0.29, 0.717) is 25.6 Å². The minimum atomic E-state index is 0.00788. The van der Waals surface area contributed by atoms with E-state index in [4.69, 9.17) is 14.7 Å². The maximum Gasteiger partial charge on any atom is 0.317 e. The first-order valence-electron chi connectivity index (χ1n) is 12.4. The molecular weight excluding hydrogens is 426 g/mol. The van der Waals surface area contributed by atoms with E-state index >= 15 is 0 Å². The van der Waals surface area contributed by atoms with Crippen molar-refractivity contribution in [1.29, 1.82) is 0 Å². The molecule has 1 aliphatic heterocycles. The molecule has 0 aliphatic carbocycles. The maximum atomic E-state index is 12.5. The molecule has 0 saturated carbocycles. The molecule has 1 aromatic heterocycles. The second-order valence-corrected chi connectivity index (χ2v) is 10.1. The number of amides is 2. The van der Waals surface area contributed by atoms with E-state index in [0.717, 1.165) is 48.8 Å². The fourth-order valence-electron chi connectivity index (χ4n) is 4.36. The van der Waals surface area contributed by atoms with Crippen molar-refractivity contribution < 1.29 is 9.53 Å². The molecule has 7 nitrogen and oxygen atoms in total. The molecule has 2 amide bonds. The molecule has 1 N–H and O–H groups in total. The molecule has 7 heteroatoms. The number of aryl methyl sites for hydroxylation is 2. The first kappa shape index (κ1) is 25.9. The maximum absolute atomic E-state index is 12.5. The quantitative estimate of drug-likeness (QED) is 0.628. The number of carbonyl (C=O) groups excluding carboxylic acids is 1. The Morgan fingerprint density at radius 2 is 1.79 bits per heavy atom. The highest BCUT2D eigenvalue weighted by Crippen LogP contribution is 2.28. The van der Waals surface area contributed by atoms with Crippen LogP contribution in [0, 0.1) is 19.8 Å². The third kappa shape index (κ3) is 6.69. The van der Waals surface area contributed by atoms with Crippen LogP contribution < -0.4 is 10.2 Å². The van der Waals surface area contributed by atoms with E-state index in [9.17, 15) is 4.79 Å². The summed E-state index contributed by atoms with van der Waals surface area (Å²) in [6.45, 7) is 15.9. The zero-order chi connectivity index (χ0) is 24.8. The van der Waals surface area contributed by atoms with Crippen LogP contribution in [0.1, 0.15) is 61.5 Å². The Morgan fingerprint density at radius 1 is 1.09 bits per heavy atom. The Hall–Kier alpha value is -2.67. The summed E-state index contributed by atoms with van der Waals surface area (Å²) in [7, 11) is 1.72. The Morgan fingerprint density at radius 3 is 2.41 bits per heavy atom. The van der Waals surface area contributed by atoms with E-state index in [2.05, 4.69) is 56.1 Å². The van der Waals surface area contributed by atoms with Crippen molar-refractivity contribution in [2.45, 2.75) is 67.0 Å². The third-order valence-corrected chi connectivity index (χ3v) is 6.14. The van der Waals surface area contributed by atoms with Gasteiger partial charge in [0.25, 0.3) is 0 Å². The van der Waals surface area contributed by atoms with Gasteiger partial charge in [-0.3, -0.25) is 0 Å². The van der Waals surface area contributed by atoms with Gasteiger partial charge in [-0.25, -0.2) is 14.8 Å². The van der Waals surface area contributed by atoms with E-state index in [1.165, 1.54) is 16.7 Å². The number of aromatic nitrogens is 2. The van der Waals surface area contributed by atoms with E-state index in [1.54, 1.807) is 7.11 Å². The van der Waals surface area contributed by atoms with Crippen LogP contribution in [-0.4, -0.2) is 60.2 Å². The van der Waals surface area contributed by atoms with Crippen molar-refractivity contribution >= 4 is 11.8 Å². The summed E-state index contributed by atoms with van der Waals surface area (Å²) in [6.07, 6.45) is 1.59. The number of carbonyl (C=O) groups is 1. The van der Waals surface area contributed by atoms with Crippen molar-refractivity contribution in [3.63, 3.8) is 0 Å². The number of piperazine rings is 1. The molecule has 1 aromatic carbocycles. The van der Waals surface area contributed by atoms with Crippen molar-refractivity contribution in [3.8, 4) is 0 Å². The highest BCUT2D eigenvalue weighted by atomic mass is 16.5. The lowest BCUT2D eigenvalue weighted by Crippen LogP contribution is -2.53. The number of nitrogens with one attached hydrogen (secondary N) is 1. The van der Waals surface area contributed by atoms with Gasteiger partial charge in [0.15, 0.2) is 0 Å². The molecule has 2 heterocycles. The molecule has 1 fully saturated rings. The molecule has 0 radical (unpaired) electrons. The summed E-state index contributed by atoms with van der Waals surface area (Å²) in [5.41, 5.74) is 5.89. The summed E-state index contributed by atoms with van der Waals surface area (Å²) >= 11 is 0. The van der Waals surface area contributed by atoms with Crippen LogP contribution in [-0.2, 0) is 24.2 Å². The predicted molar refractivity (Wildman–Crippen MR) is 137 cm³/mol. The monoisotopic (exact) mass is 467 g/mol. The van der Waals surface area contributed by atoms with Crippen molar-refractivity contribution in [1.82, 2.24) is 20.2 Å². The van der Waals surface area contributed by atoms with Crippen LogP contribution >= 0.6 is 0 Å². The molecular formula is C27H41N5O2.